The van der Waals surface area contributed by atoms with E-state index in [1.54, 1.807) is 24.3 Å². The van der Waals surface area contributed by atoms with Gasteiger partial charge >= 0.3 is 0 Å². The Morgan fingerprint density at radius 1 is 1.00 bits per heavy atom. The van der Waals surface area contributed by atoms with Crippen molar-refractivity contribution in [1.29, 1.82) is 0 Å². The molecule has 2 heterocycles. The Kier molecular flexibility index (Phi) is 5.00. The van der Waals surface area contributed by atoms with Crippen molar-refractivity contribution < 1.29 is 8.42 Å². The summed E-state index contributed by atoms with van der Waals surface area (Å²) in [6, 6.07) is 6.66. The molecule has 122 valence electrons. The molecule has 8 heteroatoms. The van der Waals surface area contributed by atoms with Crippen LogP contribution < -0.4 is 9.62 Å². The van der Waals surface area contributed by atoms with E-state index < -0.39 is 10.0 Å². The van der Waals surface area contributed by atoms with E-state index in [-0.39, 0.29) is 4.90 Å². The second-order valence-corrected chi connectivity index (χ2v) is 8.31. The third-order valence-corrected chi connectivity index (χ3v) is 5.77. The summed E-state index contributed by atoms with van der Waals surface area (Å²) >= 11 is 2.13. The largest absolute Gasteiger partial charge is 0.341 e. The van der Waals surface area contributed by atoms with Crippen molar-refractivity contribution in [3.05, 3.63) is 40.2 Å². The number of hydrogen-bond donors (Lipinski definition) is 1. The van der Waals surface area contributed by atoms with E-state index in [1.807, 2.05) is 0 Å². The third kappa shape index (κ3) is 4.11. The zero-order valence-electron chi connectivity index (χ0n) is 12.4. The van der Waals surface area contributed by atoms with Gasteiger partial charge in [-0.3, -0.25) is 4.72 Å². The quantitative estimate of drug-likeness (QED) is 0.735. The average molecular weight is 444 g/mol. The van der Waals surface area contributed by atoms with Gasteiger partial charge in [-0.15, -0.1) is 0 Å². The SMILES string of the molecule is O=S(=O)(Nc1cnc(N2CCCCC2)nc1)c1ccc(I)cc1. The summed E-state index contributed by atoms with van der Waals surface area (Å²) in [5, 5.41) is 0. The maximum absolute atomic E-state index is 12.3. The first kappa shape index (κ1) is 16.4. The number of halogens is 1. The highest BCUT2D eigenvalue weighted by molar-refractivity contribution is 14.1. The first-order chi connectivity index (χ1) is 11.0. The second kappa shape index (κ2) is 7.00. The summed E-state index contributed by atoms with van der Waals surface area (Å²) in [6.07, 6.45) is 6.56. The summed E-state index contributed by atoms with van der Waals surface area (Å²) in [4.78, 5) is 10.9. The van der Waals surface area contributed by atoms with Gasteiger partial charge in [0.2, 0.25) is 5.95 Å². The van der Waals surface area contributed by atoms with E-state index in [9.17, 15) is 8.42 Å². The number of piperidine rings is 1. The van der Waals surface area contributed by atoms with Gasteiger partial charge in [0.15, 0.2) is 0 Å². The maximum atomic E-state index is 12.3. The minimum Gasteiger partial charge on any atom is -0.341 e. The van der Waals surface area contributed by atoms with Gasteiger partial charge in [0.05, 0.1) is 23.0 Å². The molecule has 1 fully saturated rings. The molecule has 1 aromatic carbocycles. The number of benzene rings is 1. The number of nitrogens with one attached hydrogen (secondary N) is 1. The van der Waals surface area contributed by atoms with Crippen LogP contribution in [-0.4, -0.2) is 31.5 Å². The van der Waals surface area contributed by atoms with Crippen LogP contribution in [0.2, 0.25) is 0 Å². The summed E-state index contributed by atoms with van der Waals surface area (Å²) in [6.45, 7) is 1.90. The van der Waals surface area contributed by atoms with Gasteiger partial charge in [-0.2, -0.15) is 0 Å². The zero-order chi connectivity index (χ0) is 16.3. The van der Waals surface area contributed by atoms with Crippen LogP contribution in [-0.2, 0) is 10.0 Å². The Balaban J connectivity index is 1.73. The van der Waals surface area contributed by atoms with Crippen LogP contribution in [0.4, 0.5) is 11.6 Å². The first-order valence-electron chi connectivity index (χ1n) is 7.40. The van der Waals surface area contributed by atoms with Crippen LogP contribution in [0.5, 0.6) is 0 Å². The molecule has 0 radical (unpaired) electrons. The summed E-state index contributed by atoms with van der Waals surface area (Å²) in [5.74, 6) is 0.655. The fourth-order valence-corrected chi connectivity index (χ4v) is 3.85. The van der Waals surface area contributed by atoms with Crippen LogP contribution in [0.15, 0.2) is 41.6 Å². The van der Waals surface area contributed by atoms with Gasteiger partial charge < -0.3 is 4.90 Å². The molecule has 2 aromatic rings. The highest BCUT2D eigenvalue weighted by Crippen LogP contribution is 2.19. The number of anilines is 2. The molecule has 0 amide bonds. The molecule has 0 bridgehead atoms. The van der Waals surface area contributed by atoms with E-state index in [2.05, 4.69) is 42.2 Å². The smallest absolute Gasteiger partial charge is 0.261 e. The minimum absolute atomic E-state index is 0.220. The van der Waals surface area contributed by atoms with E-state index in [1.165, 1.54) is 18.8 Å². The van der Waals surface area contributed by atoms with Gasteiger partial charge in [-0.25, -0.2) is 18.4 Å². The highest BCUT2D eigenvalue weighted by Gasteiger charge is 2.16. The molecule has 0 unspecified atom stereocenters. The molecule has 0 aliphatic carbocycles. The van der Waals surface area contributed by atoms with Crippen molar-refractivity contribution in [1.82, 2.24) is 9.97 Å². The predicted molar refractivity (Wildman–Crippen MR) is 98.1 cm³/mol. The number of rotatable bonds is 4. The Morgan fingerprint density at radius 2 is 1.61 bits per heavy atom. The lowest BCUT2D eigenvalue weighted by Crippen LogP contribution is -2.30. The molecule has 0 saturated carbocycles. The fourth-order valence-electron chi connectivity index (χ4n) is 2.46. The molecule has 3 rings (SSSR count). The van der Waals surface area contributed by atoms with Crippen molar-refractivity contribution in [2.45, 2.75) is 24.2 Å². The van der Waals surface area contributed by atoms with Gasteiger partial charge in [-0.1, -0.05) is 0 Å². The third-order valence-electron chi connectivity index (χ3n) is 3.65. The molecule has 6 nitrogen and oxygen atoms in total. The Labute approximate surface area is 149 Å². The molecule has 1 aliphatic heterocycles. The van der Waals surface area contributed by atoms with Crippen LogP contribution >= 0.6 is 22.6 Å². The number of aromatic nitrogens is 2. The predicted octanol–water partition coefficient (Wildman–Crippen LogP) is 2.87. The standard InChI is InChI=1S/C15H17IN4O2S/c16-12-4-6-14(7-5-12)23(21,22)19-13-10-17-15(18-11-13)20-8-2-1-3-9-20/h4-7,10-11,19H,1-3,8-9H2. The fraction of sp³-hybridized carbons (Fsp3) is 0.333. The molecule has 1 aromatic heterocycles. The number of hydrogen-bond acceptors (Lipinski definition) is 5. The monoisotopic (exact) mass is 444 g/mol. The van der Waals surface area contributed by atoms with E-state index in [0.29, 0.717) is 11.6 Å². The number of nitrogens with zero attached hydrogens (tertiary/aromatic N) is 3. The van der Waals surface area contributed by atoms with Crippen LogP contribution in [0, 0.1) is 3.57 Å². The van der Waals surface area contributed by atoms with E-state index in [4.69, 9.17) is 0 Å². The zero-order valence-corrected chi connectivity index (χ0v) is 15.4. The number of sulfonamides is 1. The lowest BCUT2D eigenvalue weighted by atomic mass is 10.1. The van der Waals surface area contributed by atoms with Crippen LogP contribution in [0.1, 0.15) is 19.3 Å². The van der Waals surface area contributed by atoms with Crippen molar-refractivity contribution in [3.8, 4) is 0 Å². The van der Waals surface area contributed by atoms with E-state index in [0.717, 1.165) is 29.5 Å². The van der Waals surface area contributed by atoms with Crippen molar-refractivity contribution in [2.75, 3.05) is 22.7 Å². The van der Waals surface area contributed by atoms with Crippen molar-refractivity contribution in [2.24, 2.45) is 0 Å². The Bertz CT molecular complexity index is 757. The lowest BCUT2D eigenvalue weighted by molar-refractivity contribution is 0.568. The van der Waals surface area contributed by atoms with Crippen LogP contribution in [0.3, 0.4) is 0 Å². The molecule has 0 spiro atoms. The van der Waals surface area contributed by atoms with Gasteiger partial charge in [0, 0.05) is 16.7 Å². The normalized spacial score (nSPS) is 15.4. The minimum atomic E-state index is -3.61. The molecular formula is C15H17IN4O2S. The van der Waals surface area contributed by atoms with Gasteiger partial charge in [0.25, 0.3) is 10.0 Å². The molecule has 0 atom stereocenters. The summed E-state index contributed by atoms with van der Waals surface area (Å²) in [7, 11) is -3.61. The van der Waals surface area contributed by atoms with Gasteiger partial charge in [0.1, 0.15) is 0 Å². The summed E-state index contributed by atoms with van der Waals surface area (Å²) < 4.78 is 28.1. The second-order valence-electron chi connectivity index (χ2n) is 5.38. The summed E-state index contributed by atoms with van der Waals surface area (Å²) in [5.41, 5.74) is 0.365. The van der Waals surface area contributed by atoms with Crippen molar-refractivity contribution in [3.63, 3.8) is 0 Å². The van der Waals surface area contributed by atoms with Crippen LogP contribution in [0.25, 0.3) is 0 Å². The molecule has 1 N–H and O–H groups in total. The van der Waals surface area contributed by atoms with Crippen molar-refractivity contribution >= 4 is 44.2 Å². The highest BCUT2D eigenvalue weighted by atomic mass is 127. The molecule has 1 aliphatic rings. The van der Waals surface area contributed by atoms with Gasteiger partial charge in [-0.05, 0) is 66.1 Å². The Morgan fingerprint density at radius 3 is 2.22 bits per heavy atom. The topological polar surface area (TPSA) is 75.2 Å². The molecular weight excluding hydrogens is 427 g/mol. The molecule has 23 heavy (non-hydrogen) atoms. The first-order valence-corrected chi connectivity index (χ1v) is 9.96. The van der Waals surface area contributed by atoms with E-state index >= 15 is 0 Å². The molecule has 1 saturated heterocycles. The lowest BCUT2D eigenvalue weighted by Gasteiger charge is -2.26. The average Bonchev–Trinajstić information content (AvgIpc) is 2.56. The Hall–Kier alpha value is -1.42. The maximum Gasteiger partial charge on any atom is 0.261 e.